The van der Waals surface area contributed by atoms with E-state index in [0.717, 1.165) is 0 Å². The van der Waals surface area contributed by atoms with Gasteiger partial charge in [-0.05, 0) is 34.0 Å². The summed E-state index contributed by atoms with van der Waals surface area (Å²) in [5.74, 6) is -1.06. The van der Waals surface area contributed by atoms with Crippen molar-refractivity contribution in [1.29, 1.82) is 0 Å². The van der Waals surface area contributed by atoms with E-state index in [-0.39, 0.29) is 4.47 Å². The molecule has 0 bridgehead atoms. The van der Waals surface area contributed by atoms with Gasteiger partial charge in [-0.15, -0.1) is 0 Å². The van der Waals surface area contributed by atoms with Crippen LogP contribution in [0, 0.1) is 11.6 Å². The van der Waals surface area contributed by atoms with E-state index < -0.39 is 11.6 Å². The zero-order chi connectivity index (χ0) is 8.72. The summed E-state index contributed by atoms with van der Waals surface area (Å²) in [4.78, 5) is 0. The van der Waals surface area contributed by atoms with Crippen LogP contribution < -0.4 is 5.32 Å². The van der Waals surface area contributed by atoms with E-state index in [1.807, 2.05) is 0 Å². The summed E-state index contributed by atoms with van der Waals surface area (Å²) in [6, 6.07) is 1.36. The predicted octanol–water partition coefficient (Wildman–Crippen LogP) is 2.70. The van der Waals surface area contributed by atoms with Crippen LogP contribution >= 0.6 is 15.9 Å². The van der Waals surface area contributed by atoms with Crippen molar-refractivity contribution in [3.8, 4) is 0 Å². The molecule has 2 rings (SSSR count). The van der Waals surface area contributed by atoms with E-state index in [9.17, 15) is 8.78 Å². The molecule has 1 heterocycles. The van der Waals surface area contributed by atoms with Gasteiger partial charge in [0, 0.05) is 6.54 Å². The highest BCUT2D eigenvalue weighted by molar-refractivity contribution is 9.10. The molecule has 64 valence electrons. The SMILES string of the molecule is Fc1cc2c(c(F)c1Br)NCC2. The Morgan fingerprint density at radius 2 is 2.17 bits per heavy atom. The first-order valence-corrected chi connectivity index (χ1v) is 4.39. The lowest BCUT2D eigenvalue weighted by atomic mass is 10.1. The Kier molecular flexibility index (Phi) is 1.79. The van der Waals surface area contributed by atoms with Gasteiger partial charge in [0.05, 0.1) is 10.2 Å². The van der Waals surface area contributed by atoms with Crippen LogP contribution in [-0.2, 0) is 6.42 Å². The molecule has 0 saturated carbocycles. The van der Waals surface area contributed by atoms with E-state index in [2.05, 4.69) is 21.2 Å². The highest BCUT2D eigenvalue weighted by Gasteiger charge is 2.19. The molecule has 0 spiro atoms. The van der Waals surface area contributed by atoms with Crippen molar-refractivity contribution in [2.75, 3.05) is 11.9 Å². The van der Waals surface area contributed by atoms with Gasteiger partial charge in [-0.3, -0.25) is 0 Å². The zero-order valence-electron chi connectivity index (χ0n) is 6.13. The molecular weight excluding hydrogens is 228 g/mol. The van der Waals surface area contributed by atoms with Gasteiger partial charge in [0.2, 0.25) is 0 Å². The second-order valence-corrected chi connectivity index (χ2v) is 3.49. The molecule has 0 aliphatic carbocycles. The largest absolute Gasteiger partial charge is 0.382 e. The summed E-state index contributed by atoms with van der Waals surface area (Å²) in [6.07, 6.45) is 0.691. The van der Waals surface area contributed by atoms with Crippen LogP contribution in [0.15, 0.2) is 10.5 Å². The highest BCUT2D eigenvalue weighted by Crippen LogP contribution is 2.32. The fourth-order valence-electron chi connectivity index (χ4n) is 1.35. The summed E-state index contributed by atoms with van der Waals surface area (Å²) < 4.78 is 26.0. The van der Waals surface area contributed by atoms with E-state index in [1.54, 1.807) is 0 Å². The maximum atomic E-state index is 13.2. The monoisotopic (exact) mass is 233 g/mol. The Morgan fingerprint density at radius 3 is 2.92 bits per heavy atom. The molecule has 4 heteroatoms. The maximum absolute atomic E-state index is 13.2. The molecule has 0 amide bonds. The van der Waals surface area contributed by atoms with Crippen molar-refractivity contribution in [3.05, 3.63) is 27.7 Å². The van der Waals surface area contributed by atoms with Gasteiger partial charge in [-0.25, -0.2) is 8.78 Å². The predicted molar refractivity (Wildman–Crippen MR) is 46.3 cm³/mol. The molecule has 0 saturated heterocycles. The molecule has 12 heavy (non-hydrogen) atoms. The molecule has 0 radical (unpaired) electrons. The number of hydrogen-bond donors (Lipinski definition) is 1. The maximum Gasteiger partial charge on any atom is 0.163 e. The van der Waals surface area contributed by atoms with E-state index in [0.29, 0.717) is 24.2 Å². The van der Waals surface area contributed by atoms with Crippen LogP contribution in [-0.4, -0.2) is 6.54 Å². The Labute approximate surface area is 76.9 Å². The van der Waals surface area contributed by atoms with Crippen LogP contribution in [0.25, 0.3) is 0 Å². The molecule has 1 aromatic rings. The topological polar surface area (TPSA) is 12.0 Å². The van der Waals surface area contributed by atoms with Gasteiger partial charge < -0.3 is 5.32 Å². The molecule has 0 unspecified atom stereocenters. The van der Waals surface area contributed by atoms with Crippen LogP contribution in [0.2, 0.25) is 0 Å². The van der Waals surface area contributed by atoms with Crippen LogP contribution in [0.4, 0.5) is 14.5 Å². The van der Waals surface area contributed by atoms with Gasteiger partial charge in [0.1, 0.15) is 5.82 Å². The first-order valence-electron chi connectivity index (χ1n) is 3.60. The number of benzene rings is 1. The van der Waals surface area contributed by atoms with Crippen molar-refractivity contribution >= 4 is 21.6 Å². The van der Waals surface area contributed by atoms with E-state index >= 15 is 0 Å². The number of halogens is 3. The Balaban J connectivity index is 2.67. The fraction of sp³-hybridized carbons (Fsp3) is 0.250. The lowest BCUT2D eigenvalue weighted by Gasteiger charge is -2.03. The van der Waals surface area contributed by atoms with Gasteiger partial charge in [0.25, 0.3) is 0 Å². The fourth-order valence-corrected chi connectivity index (χ4v) is 1.67. The lowest BCUT2D eigenvalue weighted by molar-refractivity contribution is 0.573. The summed E-state index contributed by atoms with van der Waals surface area (Å²) >= 11 is 2.84. The van der Waals surface area contributed by atoms with Crippen molar-refractivity contribution in [3.63, 3.8) is 0 Å². The quantitative estimate of drug-likeness (QED) is 0.680. The Morgan fingerprint density at radius 1 is 1.42 bits per heavy atom. The first kappa shape index (κ1) is 7.98. The Hall–Kier alpha value is -0.640. The average molecular weight is 234 g/mol. The number of anilines is 1. The van der Waals surface area contributed by atoms with Crippen molar-refractivity contribution in [2.24, 2.45) is 0 Å². The van der Waals surface area contributed by atoms with Crippen LogP contribution in [0.1, 0.15) is 5.56 Å². The summed E-state index contributed by atoms with van der Waals surface area (Å²) in [7, 11) is 0. The molecule has 1 aromatic carbocycles. The van der Waals surface area contributed by atoms with Crippen molar-refractivity contribution < 1.29 is 8.78 Å². The molecule has 1 nitrogen and oxygen atoms in total. The molecule has 1 N–H and O–H groups in total. The third-order valence-corrected chi connectivity index (χ3v) is 2.67. The van der Waals surface area contributed by atoms with Crippen LogP contribution in [0.3, 0.4) is 0 Å². The van der Waals surface area contributed by atoms with Gasteiger partial charge in [0.15, 0.2) is 5.82 Å². The standard InChI is InChI=1S/C8H6BrF2N/c9-6-5(10)3-4-1-2-12-8(4)7(6)11/h3,12H,1-2H2. The lowest BCUT2D eigenvalue weighted by Crippen LogP contribution is -1.95. The smallest absolute Gasteiger partial charge is 0.163 e. The molecular formula is C8H6BrF2N. The van der Waals surface area contributed by atoms with E-state index in [1.165, 1.54) is 6.07 Å². The molecule has 1 aliphatic heterocycles. The minimum Gasteiger partial charge on any atom is -0.382 e. The zero-order valence-corrected chi connectivity index (χ0v) is 7.71. The minimum atomic E-state index is -0.532. The number of nitrogens with one attached hydrogen (secondary N) is 1. The molecule has 0 atom stereocenters. The highest BCUT2D eigenvalue weighted by atomic mass is 79.9. The normalized spacial score (nSPS) is 14.2. The van der Waals surface area contributed by atoms with Crippen molar-refractivity contribution in [1.82, 2.24) is 0 Å². The number of fused-ring (bicyclic) bond motifs is 1. The molecule has 1 aliphatic rings. The molecule has 0 aromatic heterocycles. The van der Waals surface area contributed by atoms with Crippen molar-refractivity contribution in [2.45, 2.75) is 6.42 Å². The van der Waals surface area contributed by atoms with Gasteiger partial charge in [-0.2, -0.15) is 0 Å². The minimum absolute atomic E-state index is 0.0874. The van der Waals surface area contributed by atoms with Gasteiger partial charge in [-0.1, -0.05) is 0 Å². The second-order valence-electron chi connectivity index (χ2n) is 2.70. The summed E-state index contributed by atoms with van der Waals surface area (Å²) in [5, 5.41) is 2.86. The summed E-state index contributed by atoms with van der Waals surface area (Å²) in [5.41, 5.74) is 1.15. The van der Waals surface area contributed by atoms with E-state index in [4.69, 9.17) is 0 Å². The van der Waals surface area contributed by atoms with Gasteiger partial charge >= 0.3 is 0 Å². The molecule has 0 fully saturated rings. The summed E-state index contributed by atoms with van der Waals surface area (Å²) in [6.45, 7) is 0.683. The third kappa shape index (κ3) is 1.02. The second kappa shape index (κ2) is 2.69. The first-order chi connectivity index (χ1) is 5.70. The third-order valence-electron chi connectivity index (χ3n) is 1.94. The number of rotatable bonds is 0. The average Bonchev–Trinajstić information content (AvgIpc) is 2.48. The van der Waals surface area contributed by atoms with Crippen LogP contribution in [0.5, 0.6) is 0 Å². The Bertz CT molecular complexity index is 338. The number of hydrogen-bond acceptors (Lipinski definition) is 1.